The Morgan fingerprint density at radius 2 is 1.76 bits per heavy atom. The Hall–Kier alpha value is -3.33. The lowest BCUT2D eigenvalue weighted by Gasteiger charge is -2.11. The zero-order valence-electron chi connectivity index (χ0n) is 17.3. The molecule has 0 aliphatic heterocycles. The molecule has 34 heavy (non-hydrogen) atoms. The number of H-pyrrole nitrogens is 1. The Morgan fingerprint density at radius 1 is 1.06 bits per heavy atom. The van der Waals surface area contributed by atoms with Crippen LogP contribution in [0.1, 0.15) is 11.1 Å². The Morgan fingerprint density at radius 3 is 2.47 bits per heavy atom. The molecule has 0 aliphatic carbocycles. The lowest BCUT2D eigenvalue weighted by atomic mass is 10.2. The van der Waals surface area contributed by atoms with Crippen molar-refractivity contribution in [1.29, 1.82) is 0 Å². The van der Waals surface area contributed by atoms with Crippen LogP contribution in [0.4, 0.5) is 4.39 Å². The fraction of sp³-hybridized carbons (Fsp3) is 0.0417. The van der Waals surface area contributed by atoms with Crippen LogP contribution < -0.4 is 4.74 Å². The summed E-state index contributed by atoms with van der Waals surface area (Å²) in [7, 11) is 0. The summed E-state index contributed by atoms with van der Waals surface area (Å²) in [6.07, 6.45) is 1.44. The van der Waals surface area contributed by atoms with E-state index in [-0.39, 0.29) is 22.5 Å². The van der Waals surface area contributed by atoms with Gasteiger partial charge in [0.2, 0.25) is 5.16 Å². The Labute approximate surface area is 208 Å². The highest BCUT2D eigenvalue weighted by Crippen LogP contribution is 2.32. The minimum absolute atomic E-state index is 0.0319. The van der Waals surface area contributed by atoms with Crippen LogP contribution in [0, 0.1) is 5.82 Å². The molecule has 3 aromatic carbocycles. The van der Waals surface area contributed by atoms with E-state index >= 15 is 0 Å². The number of benzene rings is 3. The lowest BCUT2D eigenvalue weighted by Crippen LogP contribution is -2.00. The number of ether oxygens (including phenoxy) is 1. The van der Waals surface area contributed by atoms with Crippen LogP contribution in [0.2, 0.25) is 10.0 Å². The van der Waals surface area contributed by atoms with Crippen molar-refractivity contribution in [3.8, 4) is 17.1 Å². The molecule has 0 saturated carbocycles. The second-order valence-electron chi connectivity index (χ2n) is 6.99. The van der Waals surface area contributed by atoms with Gasteiger partial charge in [0.15, 0.2) is 5.82 Å². The van der Waals surface area contributed by atoms with E-state index in [1.54, 1.807) is 54.6 Å². The fourth-order valence-corrected chi connectivity index (χ4v) is 3.91. The lowest BCUT2D eigenvalue weighted by molar-refractivity contribution is -0.131. The maximum Gasteiger partial charge on any atom is 0.342 e. The summed E-state index contributed by atoms with van der Waals surface area (Å²) in [4.78, 5) is 16.3. The van der Waals surface area contributed by atoms with Crippen LogP contribution in [-0.2, 0) is 11.4 Å². The van der Waals surface area contributed by atoms with Gasteiger partial charge in [-0.25, -0.2) is 14.2 Å². The number of aromatic amines is 1. The number of halogens is 3. The van der Waals surface area contributed by atoms with Crippen LogP contribution in [0.5, 0.6) is 5.75 Å². The Balaban J connectivity index is 1.56. The van der Waals surface area contributed by atoms with Gasteiger partial charge in [-0.05, 0) is 78.0 Å². The van der Waals surface area contributed by atoms with Crippen LogP contribution >= 0.6 is 35.0 Å². The molecule has 0 fully saturated rings. The molecule has 0 amide bonds. The number of carbonyl (C=O) groups is 1. The minimum Gasteiger partial charge on any atom is -0.488 e. The average molecular weight is 516 g/mol. The second-order valence-corrected chi connectivity index (χ2v) is 8.87. The van der Waals surface area contributed by atoms with E-state index in [1.165, 1.54) is 18.2 Å². The van der Waals surface area contributed by atoms with Crippen molar-refractivity contribution in [2.75, 3.05) is 0 Å². The number of aliphatic carboxylic acids is 1. The maximum atomic E-state index is 13.1. The van der Waals surface area contributed by atoms with E-state index in [9.17, 15) is 14.3 Å². The SMILES string of the molecule is O=C(O)/C(=C/c1cc(Cl)ccc1OCc1ccc(F)cc1)Sc1n[nH]c(-c2ccc(Cl)cc2)n1. The van der Waals surface area contributed by atoms with E-state index in [4.69, 9.17) is 27.9 Å². The van der Waals surface area contributed by atoms with Crippen molar-refractivity contribution in [3.63, 3.8) is 0 Å². The zero-order valence-corrected chi connectivity index (χ0v) is 19.7. The summed E-state index contributed by atoms with van der Waals surface area (Å²) in [6, 6.07) is 17.8. The summed E-state index contributed by atoms with van der Waals surface area (Å²) in [5.41, 5.74) is 1.98. The first-order valence-electron chi connectivity index (χ1n) is 9.85. The van der Waals surface area contributed by atoms with E-state index < -0.39 is 5.97 Å². The molecule has 1 heterocycles. The number of carboxylic acid groups (broad SMARTS) is 1. The standard InChI is InChI=1S/C24H16Cl2FN3O3S/c25-17-5-3-15(4-6-17)22-28-24(30-29-22)34-21(23(31)32)12-16-11-18(26)7-10-20(16)33-13-14-1-8-19(27)9-2-14/h1-12H,13H2,(H,31,32)(H,28,29,30)/b21-12-. The molecular formula is C24H16Cl2FN3O3S. The minimum atomic E-state index is -1.16. The molecule has 0 bridgehead atoms. The van der Waals surface area contributed by atoms with Crippen LogP contribution in [-0.4, -0.2) is 26.3 Å². The molecule has 0 saturated heterocycles. The summed E-state index contributed by atoms with van der Waals surface area (Å²) < 4.78 is 19.0. The van der Waals surface area contributed by atoms with Gasteiger partial charge >= 0.3 is 5.97 Å². The molecule has 6 nitrogen and oxygen atoms in total. The van der Waals surface area contributed by atoms with Gasteiger partial charge in [-0.3, -0.25) is 5.10 Å². The van der Waals surface area contributed by atoms with E-state index in [0.717, 1.165) is 22.9 Å². The highest BCUT2D eigenvalue weighted by atomic mass is 35.5. The smallest absolute Gasteiger partial charge is 0.342 e. The largest absolute Gasteiger partial charge is 0.488 e. The molecule has 0 spiro atoms. The van der Waals surface area contributed by atoms with Gasteiger partial charge in [-0.2, -0.15) is 0 Å². The van der Waals surface area contributed by atoms with Crippen molar-refractivity contribution in [2.24, 2.45) is 0 Å². The molecule has 0 radical (unpaired) electrons. The number of thioether (sulfide) groups is 1. The monoisotopic (exact) mass is 515 g/mol. The number of carboxylic acids is 1. The highest BCUT2D eigenvalue weighted by molar-refractivity contribution is 8.04. The fourth-order valence-electron chi connectivity index (χ4n) is 2.91. The quantitative estimate of drug-likeness (QED) is 0.200. The van der Waals surface area contributed by atoms with Gasteiger partial charge in [0.1, 0.15) is 23.1 Å². The first-order chi connectivity index (χ1) is 16.4. The van der Waals surface area contributed by atoms with Crippen LogP contribution in [0.3, 0.4) is 0 Å². The molecule has 2 N–H and O–H groups in total. The van der Waals surface area contributed by atoms with Crippen LogP contribution in [0.25, 0.3) is 17.5 Å². The van der Waals surface area contributed by atoms with E-state index in [0.29, 0.717) is 27.2 Å². The first-order valence-corrected chi connectivity index (χ1v) is 11.4. The molecule has 4 aromatic rings. The van der Waals surface area contributed by atoms with E-state index in [1.807, 2.05) is 0 Å². The Kier molecular flexibility index (Phi) is 7.52. The number of hydrogen-bond acceptors (Lipinski definition) is 5. The topological polar surface area (TPSA) is 88.1 Å². The molecule has 4 rings (SSSR count). The van der Waals surface area contributed by atoms with Crippen molar-refractivity contribution >= 4 is 47.0 Å². The van der Waals surface area contributed by atoms with Gasteiger partial charge < -0.3 is 9.84 Å². The molecule has 10 heteroatoms. The van der Waals surface area contributed by atoms with Crippen molar-refractivity contribution in [1.82, 2.24) is 15.2 Å². The van der Waals surface area contributed by atoms with Gasteiger partial charge in [-0.1, -0.05) is 35.3 Å². The third-order valence-electron chi connectivity index (χ3n) is 4.56. The summed E-state index contributed by atoms with van der Waals surface area (Å²) in [5.74, 6) is -0.597. The van der Waals surface area contributed by atoms with Crippen molar-refractivity contribution in [2.45, 2.75) is 11.8 Å². The number of hydrogen-bond donors (Lipinski definition) is 2. The predicted octanol–water partition coefficient (Wildman–Crippen LogP) is 6.71. The molecule has 0 aliphatic rings. The van der Waals surface area contributed by atoms with Gasteiger partial charge in [0, 0.05) is 21.2 Å². The third kappa shape index (κ3) is 6.17. The number of nitrogens with zero attached hydrogens (tertiary/aromatic N) is 2. The molecule has 0 unspecified atom stereocenters. The predicted molar refractivity (Wildman–Crippen MR) is 130 cm³/mol. The van der Waals surface area contributed by atoms with Crippen molar-refractivity contribution in [3.05, 3.63) is 98.6 Å². The normalized spacial score (nSPS) is 11.4. The molecule has 0 atom stereocenters. The van der Waals surface area contributed by atoms with Gasteiger partial charge in [0.25, 0.3) is 0 Å². The number of aromatic nitrogens is 3. The average Bonchev–Trinajstić information content (AvgIpc) is 3.28. The second kappa shape index (κ2) is 10.7. The van der Waals surface area contributed by atoms with Crippen LogP contribution in [0.15, 0.2) is 76.8 Å². The molecule has 1 aromatic heterocycles. The van der Waals surface area contributed by atoms with E-state index in [2.05, 4.69) is 15.2 Å². The summed E-state index contributed by atoms with van der Waals surface area (Å²) in [6.45, 7) is 0.170. The summed E-state index contributed by atoms with van der Waals surface area (Å²) >= 11 is 12.9. The first kappa shape index (κ1) is 23.8. The van der Waals surface area contributed by atoms with Gasteiger partial charge in [-0.15, -0.1) is 5.10 Å². The summed E-state index contributed by atoms with van der Waals surface area (Å²) in [5, 5.41) is 17.9. The van der Waals surface area contributed by atoms with Crippen molar-refractivity contribution < 1.29 is 19.0 Å². The molecule has 172 valence electrons. The maximum absolute atomic E-state index is 13.1. The number of rotatable bonds is 8. The third-order valence-corrected chi connectivity index (χ3v) is 5.93. The zero-order chi connectivity index (χ0) is 24.1. The molecular weight excluding hydrogens is 500 g/mol. The van der Waals surface area contributed by atoms with Gasteiger partial charge in [0.05, 0.1) is 0 Å². The highest BCUT2D eigenvalue weighted by Gasteiger charge is 2.16. The number of nitrogens with one attached hydrogen (secondary N) is 1. The Bertz CT molecular complexity index is 1340.